The lowest BCUT2D eigenvalue weighted by Crippen LogP contribution is -2.30. The normalized spacial score (nSPS) is 14.2. The van der Waals surface area contributed by atoms with E-state index in [0.717, 1.165) is 12.1 Å². The van der Waals surface area contributed by atoms with Crippen molar-refractivity contribution >= 4 is 22.6 Å². The molecule has 1 atom stereocenters. The molecule has 1 unspecified atom stereocenters. The predicted molar refractivity (Wildman–Crippen MR) is 104 cm³/mol. The number of halogens is 3. The van der Waals surface area contributed by atoms with Crippen LogP contribution in [0.2, 0.25) is 0 Å². The van der Waals surface area contributed by atoms with Gasteiger partial charge in [0.05, 0.1) is 5.56 Å². The van der Waals surface area contributed by atoms with Crippen LogP contribution in [-0.2, 0) is 11.0 Å². The fourth-order valence-electron chi connectivity index (χ4n) is 3.07. The van der Waals surface area contributed by atoms with E-state index < -0.39 is 29.4 Å². The highest BCUT2D eigenvalue weighted by Crippen LogP contribution is 2.35. The van der Waals surface area contributed by atoms with Crippen molar-refractivity contribution in [3.05, 3.63) is 58.4 Å². The van der Waals surface area contributed by atoms with Crippen LogP contribution in [0.3, 0.4) is 0 Å². The van der Waals surface area contributed by atoms with Gasteiger partial charge in [0.1, 0.15) is 24.5 Å². The second-order valence-electron chi connectivity index (χ2n) is 6.74. The van der Waals surface area contributed by atoms with Crippen LogP contribution in [0.5, 0.6) is 17.2 Å². The summed E-state index contributed by atoms with van der Waals surface area (Å²) in [5.41, 5.74) is -2.07. The minimum Gasteiger partial charge on any atom is -0.486 e. The molecule has 0 saturated carbocycles. The van der Waals surface area contributed by atoms with Gasteiger partial charge in [0.15, 0.2) is 17.6 Å². The van der Waals surface area contributed by atoms with Gasteiger partial charge in [0.25, 0.3) is 5.91 Å². The molecule has 4 rings (SSSR count). The first-order valence-electron chi connectivity index (χ1n) is 9.23. The molecule has 0 aliphatic carbocycles. The van der Waals surface area contributed by atoms with Gasteiger partial charge in [0, 0.05) is 29.3 Å². The Morgan fingerprint density at radius 2 is 1.81 bits per heavy atom. The first-order valence-corrected chi connectivity index (χ1v) is 9.23. The van der Waals surface area contributed by atoms with E-state index in [4.69, 9.17) is 18.6 Å². The summed E-state index contributed by atoms with van der Waals surface area (Å²) in [6.45, 7) is 2.32. The third-order valence-electron chi connectivity index (χ3n) is 4.51. The molecule has 1 amide bonds. The zero-order valence-electron chi connectivity index (χ0n) is 16.1. The summed E-state index contributed by atoms with van der Waals surface area (Å²) in [5, 5.41) is 2.38. The number of ether oxygens (including phenoxy) is 3. The summed E-state index contributed by atoms with van der Waals surface area (Å²) >= 11 is 0. The van der Waals surface area contributed by atoms with Crippen molar-refractivity contribution in [3.63, 3.8) is 0 Å². The zero-order valence-corrected chi connectivity index (χ0v) is 16.1. The zero-order chi connectivity index (χ0) is 22.2. The Bertz CT molecular complexity index is 1200. The third kappa shape index (κ3) is 4.42. The minimum atomic E-state index is -4.71. The van der Waals surface area contributed by atoms with Gasteiger partial charge in [-0.15, -0.1) is 0 Å². The number of carbonyl (C=O) groups excluding carboxylic acids is 1. The number of rotatable bonds is 4. The van der Waals surface area contributed by atoms with Crippen molar-refractivity contribution in [2.75, 3.05) is 18.5 Å². The van der Waals surface area contributed by atoms with Crippen molar-refractivity contribution in [1.29, 1.82) is 0 Å². The molecular weight excluding hydrogens is 419 g/mol. The number of anilines is 1. The Hall–Kier alpha value is -3.69. The molecular formula is C21H16F3NO6. The number of hydrogen-bond acceptors (Lipinski definition) is 6. The second-order valence-corrected chi connectivity index (χ2v) is 6.74. The van der Waals surface area contributed by atoms with E-state index in [1.807, 2.05) is 0 Å². The van der Waals surface area contributed by atoms with E-state index in [1.165, 1.54) is 13.0 Å². The Balaban J connectivity index is 1.50. The minimum absolute atomic E-state index is 0.0693. The number of nitrogens with one attached hydrogen (secondary N) is 1. The summed E-state index contributed by atoms with van der Waals surface area (Å²) in [6.07, 6.45) is -5.71. The summed E-state index contributed by atoms with van der Waals surface area (Å²) < 4.78 is 60.7. The molecule has 31 heavy (non-hydrogen) atoms. The largest absolute Gasteiger partial charge is 0.486 e. The molecule has 0 fully saturated rings. The highest BCUT2D eigenvalue weighted by molar-refractivity contribution is 5.94. The SMILES string of the molecule is CC(Oc1ccc2c(C(F)(F)F)cc(=O)oc2c1)C(=O)Nc1ccc2c(c1)OCCO2. The Kier molecular flexibility index (Phi) is 5.22. The number of hydrogen-bond donors (Lipinski definition) is 1. The molecule has 2 heterocycles. The molecule has 10 heteroatoms. The number of amides is 1. The van der Waals surface area contributed by atoms with Crippen LogP contribution >= 0.6 is 0 Å². The number of benzene rings is 2. The number of fused-ring (bicyclic) bond motifs is 2. The van der Waals surface area contributed by atoms with E-state index >= 15 is 0 Å². The van der Waals surface area contributed by atoms with Crippen molar-refractivity contribution in [2.45, 2.75) is 19.2 Å². The lowest BCUT2D eigenvalue weighted by Gasteiger charge is -2.20. The number of carbonyl (C=O) groups is 1. The third-order valence-corrected chi connectivity index (χ3v) is 4.51. The summed E-state index contributed by atoms with van der Waals surface area (Å²) in [7, 11) is 0. The molecule has 7 nitrogen and oxygen atoms in total. The highest BCUT2D eigenvalue weighted by Gasteiger charge is 2.34. The average Bonchev–Trinajstić information content (AvgIpc) is 2.72. The molecule has 1 N–H and O–H groups in total. The van der Waals surface area contributed by atoms with Gasteiger partial charge in [-0.2, -0.15) is 13.2 Å². The Morgan fingerprint density at radius 3 is 2.55 bits per heavy atom. The van der Waals surface area contributed by atoms with Crippen molar-refractivity contribution in [2.24, 2.45) is 0 Å². The topological polar surface area (TPSA) is 87.0 Å². The Labute approximate surface area is 173 Å². The van der Waals surface area contributed by atoms with Gasteiger partial charge < -0.3 is 23.9 Å². The highest BCUT2D eigenvalue weighted by atomic mass is 19.4. The van der Waals surface area contributed by atoms with E-state index in [2.05, 4.69) is 5.32 Å². The van der Waals surface area contributed by atoms with Gasteiger partial charge in [-0.1, -0.05) is 0 Å². The molecule has 0 spiro atoms. The van der Waals surface area contributed by atoms with E-state index in [9.17, 15) is 22.8 Å². The van der Waals surface area contributed by atoms with Gasteiger partial charge in [0.2, 0.25) is 0 Å². The summed E-state index contributed by atoms with van der Waals surface area (Å²) in [5.74, 6) is 0.647. The second kappa shape index (κ2) is 7.86. The molecule has 3 aromatic rings. The fraction of sp³-hybridized carbons (Fsp3) is 0.238. The monoisotopic (exact) mass is 435 g/mol. The average molecular weight is 435 g/mol. The van der Waals surface area contributed by atoms with Crippen molar-refractivity contribution < 1.29 is 36.6 Å². The quantitative estimate of drug-likeness (QED) is 0.624. The Morgan fingerprint density at radius 1 is 1.06 bits per heavy atom. The van der Waals surface area contributed by atoms with Gasteiger partial charge in [-0.3, -0.25) is 4.79 Å². The molecule has 1 aromatic heterocycles. The maximum Gasteiger partial charge on any atom is 0.417 e. The van der Waals surface area contributed by atoms with Crippen molar-refractivity contribution in [3.8, 4) is 17.2 Å². The van der Waals surface area contributed by atoms with Crippen LogP contribution in [0.1, 0.15) is 12.5 Å². The van der Waals surface area contributed by atoms with Crippen LogP contribution in [-0.4, -0.2) is 25.2 Å². The molecule has 0 bridgehead atoms. The van der Waals surface area contributed by atoms with Crippen LogP contribution < -0.4 is 25.2 Å². The van der Waals surface area contributed by atoms with Gasteiger partial charge >= 0.3 is 11.8 Å². The smallest absolute Gasteiger partial charge is 0.417 e. The first-order chi connectivity index (χ1) is 14.7. The van der Waals surface area contributed by atoms with Gasteiger partial charge in [-0.25, -0.2) is 4.79 Å². The lowest BCUT2D eigenvalue weighted by molar-refractivity contribution is -0.136. The van der Waals surface area contributed by atoms with E-state index in [-0.39, 0.29) is 16.7 Å². The number of alkyl halides is 3. The molecule has 1 aliphatic heterocycles. The van der Waals surface area contributed by atoms with Crippen LogP contribution in [0.4, 0.5) is 18.9 Å². The van der Waals surface area contributed by atoms with Crippen LogP contribution in [0.25, 0.3) is 11.0 Å². The summed E-state index contributed by atoms with van der Waals surface area (Å²) in [6, 6.07) is 8.85. The lowest BCUT2D eigenvalue weighted by atomic mass is 10.1. The van der Waals surface area contributed by atoms with E-state index in [1.54, 1.807) is 18.2 Å². The van der Waals surface area contributed by atoms with E-state index in [0.29, 0.717) is 36.5 Å². The molecule has 1 aliphatic rings. The van der Waals surface area contributed by atoms with Crippen molar-refractivity contribution in [1.82, 2.24) is 0 Å². The predicted octanol–water partition coefficient (Wildman–Crippen LogP) is 3.99. The molecule has 0 radical (unpaired) electrons. The maximum atomic E-state index is 13.1. The molecule has 2 aromatic carbocycles. The maximum absolute atomic E-state index is 13.1. The molecule has 162 valence electrons. The summed E-state index contributed by atoms with van der Waals surface area (Å²) in [4.78, 5) is 24.0. The first kappa shape index (κ1) is 20.6. The van der Waals surface area contributed by atoms with Gasteiger partial charge in [-0.05, 0) is 31.2 Å². The van der Waals surface area contributed by atoms with Crippen LogP contribution in [0.15, 0.2) is 51.7 Å². The fourth-order valence-corrected chi connectivity index (χ4v) is 3.07. The molecule has 0 saturated heterocycles. The van der Waals surface area contributed by atoms with Crippen LogP contribution in [0, 0.1) is 0 Å². The standard InChI is InChI=1S/C21H16F3NO6/c1-11(20(27)25-12-2-5-16-18(8-12)29-7-6-28-16)30-13-3-4-14-15(21(22,23)24)10-19(26)31-17(14)9-13/h2-5,8-11H,6-7H2,1H3,(H,25,27).